The Morgan fingerprint density at radius 2 is 1.65 bits per heavy atom. The number of alkyl halides is 3. The van der Waals surface area contributed by atoms with Gasteiger partial charge >= 0.3 is 12.1 Å². The lowest BCUT2D eigenvalue weighted by Crippen LogP contribution is -2.40. The van der Waals surface area contributed by atoms with Gasteiger partial charge in [-0.25, -0.2) is 4.79 Å². The zero-order valence-electron chi connectivity index (χ0n) is 13.5. The lowest BCUT2D eigenvalue weighted by atomic mass is 10.1. The van der Waals surface area contributed by atoms with Crippen molar-refractivity contribution >= 4 is 18.0 Å². The van der Waals surface area contributed by atoms with E-state index in [1.807, 2.05) is 30.3 Å². The summed E-state index contributed by atoms with van der Waals surface area (Å²) in [6.07, 6.45) is -1.13. The van der Waals surface area contributed by atoms with Crippen LogP contribution < -0.4 is 5.32 Å². The summed E-state index contributed by atoms with van der Waals surface area (Å²) in [4.78, 5) is 23.4. The van der Waals surface area contributed by atoms with Gasteiger partial charge in [0.15, 0.2) is 0 Å². The van der Waals surface area contributed by atoms with Gasteiger partial charge in [0.05, 0.1) is 5.56 Å². The highest BCUT2D eigenvalue weighted by Gasteiger charge is 2.30. The summed E-state index contributed by atoms with van der Waals surface area (Å²) in [7, 11) is 0. The number of hydrogen-bond acceptors (Lipinski definition) is 2. The highest BCUT2D eigenvalue weighted by atomic mass is 19.4. The number of hydrogen-bond donors (Lipinski definition) is 2. The molecule has 0 heterocycles. The van der Waals surface area contributed by atoms with Crippen LogP contribution in [0.15, 0.2) is 60.7 Å². The molecule has 0 fully saturated rings. The van der Waals surface area contributed by atoms with Crippen LogP contribution in [0.5, 0.6) is 0 Å². The average Bonchev–Trinajstić information content (AvgIpc) is 2.61. The van der Waals surface area contributed by atoms with Gasteiger partial charge in [0.1, 0.15) is 6.04 Å². The number of aliphatic carboxylic acids is 1. The molecule has 0 radical (unpaired) electrons. The van der Waals surface area contributed by atoms with Crippen molar-refractivity contribution in [2.24, 2.45) is 0 Å². The lowest BCUT2D eigenvalue weighted by molar-refractivity contribution is -0.139. The summed E-state index contributed by atoms with van der Waals surface area (Å²) < 4.78 is 37.6. The van der Waals surface area contributed by atoms with Gasteiger partial charge in [0.2, 0.25) is 0 Å². The van der Waals surface area contributed by atoms with Crippen molar-refractivity contribution in [1.29, 1.82) is 0 Å². The van der Waals surface area contributed by atoms with Crippen LogP contribution in [0.2, 0.25) is 0 Å². The number of halogens is 3. The number of carboxylic acid groups (broad SMARTS) is 1. The number of amides is 1. The predicted molar refractivity (Wildman–Crippen MR) is 90.4 cm³/mol. The quantitative estimate of drug-likeness (QED) is 0.816. The fourth-order valence-electron chi connectivity index (χ4n) is 2.18. The zero-order valence-corrected chi connectivity index (χ0v) is 13.5. The lowest BCUT2D eigenvalue weighted by Gasteiger charge is -2.13. The van der Waals surface area contributed by atoms with Crippen molar-refractivity contribution < 1.29 is 27.9 Å². The second kappa shape index (κ2) is 8.33. The van der Waals surface area contributed by atoms with Crippen molar-refractivity contribution in [3.05, 3.63) is 77.4 Å². The summed E-state index contributed by atoms with van der Waals surface area (Å²) in [5.41, 5.74) is -0.0448. The third kappa shape index (κ3) is 5.47. The van der Waals surface area contributed by atoms with E-state index in [0.29, 0.717) is 0 Å². The molecule has 0 saturated heterocycles. The van der Waals surface area contributed by atoms with Crippen LogP contribution >= 0.6 is 0 Å². The maximum atomic E-state index is 12.5. The van der Waals surface area contributed by atoms with E-state index in [1.54, 1.807) is 12.2 Å². The van der Waals surface area contributed by atoms with Gasteiger partial charge in [-0.05, 0) is 36.2 Å². The normalized spacial score (nSPS) is 12.7. The van der Waals surface area contributed by atoms with Crippen molar-refractivity contribution in [3.63, 3.8) is 0 Å². The van der Waals surface area contributed by atoms with Crippen molar-refractivity contribution in [2.75, 3.05) is 0 Å². The van der Waals surface area contributed by atoms with Gasteiger partial charge in [-0.3, -0.25) is 4.79 Å². The van der Waals surface area contributed by atoms with E-state index in [0.717, 1.165) is 29.8 Å². The second-order valence-corrected chi connectivity index (χ2v) is 5.49. The van der Waals surface area contributed by atoms with Gasteiger partial charge in [0, 0.05) is 5.56 Å². The Labute approximate surface area is 148 Å². The van der Waals surface area contributed by atoms with E-state index < -0.39 is 29.7 Å². The van der Waals surface area contributed by atoms with Crippen molar-refractivity contribution in [2.45, 2.75) is 18.6 Å². The highest BCUT2D eigenvalue weighted by Crippen LogP contribution is 2.29. The summed E-state index contributed by atoms with van der Waals surface area (Å²) in [5, 5.41) is 11.5. The molecule has 26 heavy (non-hydrogen) atoms. The Bertz CT molecular complexity index is 784. The van der Waals surface area contributed by atoms with E-state index in [4.69, 9.17) is 0 Å². The van der Waals surface area contributed by atoms with E-state index in [-0.39, 0.29) is 12.0 Å². The Hall–Kier alpha value is -3.09. The first-order chi connectivity index (χ1) is 12.3. The first-order valence-electron chi connectivity index (χ1n) is 7.70. The molecule has 0 unspecified atom stereocenters. The molecule has 136 valence electrons. The van der Waals surface area contributed by atoms with Crippen LogP contribution in [-0.4, -0.2) is 23.0 Å². The molecule has 0 aliphatic heterocycles. The van der Waals surface area contributed by atoms with Crippen molar-refractivity contribution in [3.8, 4) is 0 Å². The smallest absolute Gasteiger partial charge is 0.416 e. The molecule has 2 rings (SSSR count). The maximum Gasteiger partial charge on any atom is 0.416 e. The van der Waals surface area contributed by atoms with E-state index in [9.17, 15) is 27.9 Å². The molecule has 0 aliphatic rings. The fourth-order valence-corrected chi connectivity index (χ4v) is 2.18. The van der Waals surface area contributed by atoms with Gasteiger partial charge < -0.3 is 10.4 Å². The minimum absolute atomic E-state index is 0.0383. The van der Waals surface area contributed by atoms with Crippen LogP contribution in [0.4, 0.5) is 13.2 Å². The molecule has 7 heteroatoms. The number of carbonyl (C=O) groups excluding carboxylic acids is 1. The first-order valence-corrected chi connectivity index (χ1v) is 7.70. The van der Waals surface area contributed by atoms with Gasteiger partial charge in [0.25, 0.3) is 5.91 Å². The van der Waals surface area contributed by atoms with E-state index in [1.165, 1.54) is 0 Å². The van der Waals surface area contributed by atoms with Gasteiger partial charge in [-0.15, -0.1) is 0 Å². The molecule has 0 bridgehead atoms. The molecule has 0 aliphatic carbocycles. The molecule has 4 nitrogen and oxygen atoms in total. The number of benzene rings is 2. The summed E-state index contributed by atoms with van der Waals surface area (Å²) in [5.74, 6) is -1.98. The second-order valence-electron chi connectivity index (χ2n) is 5.49. The zero-order chi connectivity index (χ0) is 19.2. The molecule has 0 aromatic heterocycles. The van der Waals surface area contributed by atoms with Gasteiger partial charge in [-0.1, -0.05) is 42.5 Å². The minimum atomic E-state index is -4.50. The predicted octanol–water partition coefficient (Wildman–Crippen LogP) is 3.99. The third-order valence-electron chi connectivity index (χ3n) is 3.56. The van der Waals surface area contributed by atoms with Crippen LogP contribution in [0.3, 0.4) is 0 Å². The molecule has 0 spiro atoms. The molecule has 0 saturated carbocycles. The first kappa shape index (κ1) is 19.2. The van der Waals surface area contributed by atoms with Crippen LogP contribution in [0.25, 0.3) is 6.08 Å². The molecule has 1 atom stereocenters. The highest BCUT2D eigenvalue weighted by molar-refractivity contribution is 5.96. The number of carboxylic acids is 1. The standard InChI is InChI=1S/C19H16F3NO3/c20-19(21,22)15-11-9-14(10-12-15)17(24)23-16(18(25)26)8-4-7-13-5-2-1-3-6-13/h1-7,9-12,16H,8H2,(H,23,24)(H,25,26)/b7-4+/t16-/m1/s1. The molecule has 2 aromatic rings. The van der Waals surface area contributed by atoms with Gasteiger partial charge in [-0.2, -0.15) is 13.2 Å². The summed E-state index contributed by atoms with van der Waals surface area (Å²) in [6.45, 7) is 0. The van der Waals surface area contributed by atoms with E-state index in [2.05, 4.69) is 5.32 Å². The van der Waals surface area contributed by atoms with Crippen LogP contribution in [-0.2, 0) is 11.0 Å². The molecule has 2 N–H and O–H groups in total. The molecular weight excluding hydrogens is 347 g/mol. The fraction of sp³-hybridized carbons (Fsp3) is 0.158. The Morgan fingerprint density at radius 3 is 2.19 bits per heavy atom. The maximum absolute atomic E-state index is 12.5. The van der Waals surface area contributed by atoms with Crippen LogP contribution in [0.1, 0.15) is 27.9 Å². The number of nitrogens with one attached hydrogen (secondary N) is 1. The Kier molecular flexibility index (Phi) is 6.16. The summed E-state index contributed by atoms with van der Waals surface area (Å²) >= 11 is 0. The minimum Gasteiger partial charge on any atom is -0.480 e. The summed E-state index contributed by atoms with van der Waals surface area (Å²) in [6, 6.07) is 11.6. The largest absolute Gasteiger partial charge is 0.480 e. The third-order valence-corrected chi connectivity index (χ3v) is 3.56. The monoisotopic (exact) mass is 363 g/mol. The van der Waals surface area contributed by atoms with E-state index >= 15 is 0 Å². The molecular formula is C19H16F3NO3. The van der Waals surface area contributed by atoms with Crippen molar-refractivity contribution in [1.82, 2.24) is 5.32 Å². The van der Waals surface area contributed by atoms with Crippen LogP contribution in [0, 0.1) is 0 Å². The number of rotatable bonds is 6. The Balaban J connectivity index is 2.01. The SMILES string of the molecule is O=C(N[C@H](C/C=C/c1ccccc1)C(=O)O)c1ccc(C(F)(F)F)cc1. The molecule has 1 amide bonds. The Morgan fingerprint density at radius 1 is 1.04 bits per heavy atom. The topological polar surface area (TPSA) is 66.4 Å². The average molecular weight is 363 g/mol. The molecule has 2 aromatic carbocycles. The number of carbonyl (C=O) groups is 2.